The average molecular weight is 308 g/mol. The molecule has 0 unspecified atom stereocenters. The Balaban J connectivity index is 1.92. The minimum Gasteiger partial charge on any atom is -0.328 e. The van der Waals surface area contributed by atoms with Crippen molar-refractivity contribution in [3.8, 4) is 11.3 Å². The van der Waals surface area contributed by atoms with E-state index in [2.05, 4.69) is 29.6 Å². The van der Waals surface area contributed by atoms with Gasteiger partial charge in [0, 0.05) is 23.2 Å². The van der Waals surface area contributed by atoms with E-state index >= 15 is 0 Å². The molecule has 1 aliphatic carbocycles. The van der Waals surface area contributed by atoms with E-state index in [0.29, 0.717) is 6.04 Å². The highest BCUT2D eigenvalue weighted by molar-refractivity contribution is 5.84. The van der Waals surface area contributed by atoms with E-state index in [1.807, 2.05) is 6.07 Å². The summed E-state index contributed by atoms with van der Waals surface area (Å²) in [5.41, 5.74) is 4.90. The number of nitrogens with zero attached hydrogens (tertiary/aromatic N) is 3. The number of fused-ring (bicyclic) bond motifs is 1. The van der Waals surface area contributed by atoms with Crippen LogP contribution in [0.3, 0.4) is 0 Å². The van der Waals surface area contributed by atoms with Gasteiger partial charge in [0.1, 0.15) is 0 Å². The number of nitrogens with one attached hydrogen (secondary N) is 1. The molecule has 0 bridgehead atoms. The van der Waals surface area contributed by atoms with Crippen LogP contribution in [0.1, 0.15) is 43.0 Å². The molecule has 1 N–H and O–H groups in total. The van der Waals surface area contributed by atoms with Crippen molar-refractivity contribution in [3.63, 3.8) is 0 Å². The number of aryl methyl sites for hydroxylation is 2. The van der Waals surface area contributed by atoms with Crippen molar-refractivity contribution >= 4 is 11.0 Å². The first-order chi connectivity index (χ1) is 11.1. The van der Waals surface area contributed by atoms with Gasteiger partial charge in [0.25, 0.3) is 0 Å². The van der Waals surface area contributed by atoms with E-state index in [-0.39, 0.29) is 5.56 Å². The molecule has 0 atom stereocenters. The molecular formula is C18H20N4O. The van der Waals surface area contributed by atoms with E-state index in [1.165, 1.54) is 37.3 Å². The number of aromatic amines is 1. The number of hydrogen-bond acceptors (Lipinski definition) is 3. The van der Waals surface area contributed by atoms with Crippen molar-refractivity contribution in [3.05, 3.63) is 46.0 Å². The molecule has 4 rings (SSSR count). The lowest BCUT2D eigenvalue weighted by atomic mass is 10.1. The summed E-state index contributed by atoms with van der Waals surface area (Å²) in [6, 6.07) is 5.89. The molecular weight excluding hydrogens is 288 g/mol. The maximum atomic E-state index is 11.3. The fourth-order valence-electron chi connectivity index (χ4n) is 3.65. The molecule has 0 spiro atoms. The molecule has 0 saturated heterocycles. The van der Waals surface area contributed by atoms with E-state index in [4.69, 9.17) is 10.1 Å². The van der Waals surface area contributed by atoms with Crippen LogP contribution in [-0.4, -0.2) is 19.7 Å². The highest BCUT2D eigenvalue weighted by atomic mass is 16.1. The van der Waals surface area contributed by atoms with Gasteiger partial charge in [-0.3, -0.25) is 4.79 Å². The van der Waals surface area contributed by atoms with E-state index < -0.39 is 0 Å². The van der Waals surface area contributed by atoms with Crippen LogP contribution in [0.15, 0.2) is 29.2 Å². The molecule has 0 aromatic carbocycles. The summed E-state index contributed by atoms with van der Waals surface area (Å²) < 4.78 is 2.12. The van der Waals surface area contributed by atoms with Crippen molar-refractivity contribution in [2.75, 3.05) is 0 Å². The molecule has 1 fully saturated rings. The second-order valence-corrected chi connectivity index (χ2v) is 6.43. The minimum absolute atomic E-state index is 0.0987. The quantitative estimate of drug-likeness (QED) is 0.788. The Morgan fingerprint density at radius 3 is 2.70 bits per heavy atom. The summed E-state index contributed by atoms with van der Waals surface area (Å²) in [6.45, 7) is 4.16. The lowest BCUT2D eigenvalue weighted by molar-refractivity contribution is 0.476. The molecule has 3 aromatic rings. The number of hydrogen-bond donors (Lipinski definition) is 1. The molecule has 1 aliphatic rings. The normalized spacial score (nSPS) is 15.6. The third-order valence-electron chi connectivity index (χ3n) is 4.78. The van der Waals surface area contributed by atoms with Crippen LogP contribution in [0.5, 0.6) is 0 Å². The van der Waals surface area contributed by atoms with Crippen molar-refractivity contribution in [2.24, 2.45) is 0 Å². The van der Waals surface area contributed by atoms with Crippen LogP contribution in [-0.2, 0) is 0 Å². The third-order valence-corrected chi connectivity index (χ3v) is 4.78. The van der Waals surface area contributed by atoms with Gasteiger partial charge in [-0.25, -0.2) is 9.67 Å². The largest absolute Gasteiger partial charge is 0.328 e. The number of rotatable bonds is 2. The van der Waals surface area contributed by atoms with Gasteiger partial charge >= 0.3 is 0 Å². The maximum Gasteiger partial charge on any atom is 0.247 e. The summed E-state index contributed by atoms with van der Waals surface area (Å²) >= 11 is 0. The van der Waals surface area contributed by atoms with E-state index in [9.17, 15) is 4.79 Å². The topological polar surface area (TPSA) is 63.6 Å². The molecule has 118 valence electrons. The van der Waals surface area contributed by atoms with E-state index in [0.717, 1.165) is 28.0 Å². The Labute approximate surface area is 134 Å². The molecule has 0 radical (unpaired) electrons. The Morgan fingerprint density at radius 2 is 2.00 bits per heavy atom. The summed E-state index contributed by atoms with van der Waals surface area (Å²) in [4.78, 5) is 18.9. The Kier molecular flexibility index (Phi) is 3.29. The second-order valence-electron chi connectivity index (χ2n) is 6.43. The highest BCUT2D eigenvalue weighted by Gasteiger charge is 2.22. The summed E-state index contributed by atoms with van der Waals surface area (Å²) in [5, 5.41) is 5.94. The van der Waals surface area contributed by atoms with Gasteiger partial charge in [-0.05, 0) is 44.4 Å². The molecule has 23 heavy (non-hydrogen) atoms. The SMILES string of the molecule is Cc1cc(-c2ccc(=O)[nH]c2)nc2c1c(C)nn2C1CCCC1. The van der Waals surface area contributed by atoms with Crippen LogP contribution in [0.4, 0.5) is 0 Å². The lowest BCUT2D eigenvalue weighted by Gasteiger charge is -2.11. The van der Waals surface area contributed by atoms with Crippen LogP contribution in [0.25, 0.3) is 22.3 Å². The number of H-pyrrole nitrogens is 1. The monoisotopic (exact) mass is 308 g/mol. The minimum atomic E-state index is -0.0987. The van der Waals surface area contributed by atoms with Crippen molar-refractivity contribution in [1.82, 2.24) is 19.7 Å². The van der Waals surface area contributed by atoms with Gasteiger partial charge in [-0.15, -0.1) is 0 Å². The zero-order valence-corrected chi connectivity index (χ0v) is 13.5. The fourth-order valence-corrected chi connectivity index (χ4v) is 3.65. The van der Waals surface area contributed by atoms with Crippen LogP contribution < -0.4 is 5.56 Å². The van der Waals surface area contributed by atoms with Crippen molar-refractivity contribution in [2.45, 2.75) is 45.6 Å². The third kappa shape index (κ3) is 2.36. The second kappa shape index (κ2) is 5.33. The predicted molar refractivity (Wildman–Crippen MR) is 90.6 cm³/mol. The highest BCUT2D eigenvalue weighted by Crippen LogP contribution is 2.34. The molecule has 3 aromatic heterocycles. The smallest absolute Gasteiger partial charge is 0.247 e. The molecule has 1 saturated carbocycles. The number of pyridine rings is 2. The lowest BCUT2D eigenvalue weighted by Crippen LogP contribution is -2.08. The average Bonchev–Trinajstić information content (AvgIpc) is 3.16. The van der Waals surface area contributed by atoms with Gasteiger partial charge in [-0.1, -0.05) is 12.8 Å². The Hall–Kier alpha value is -2.43. The zero-order chi connectivity index (χ0) is 16.0. The van der Waals surface area contributed by atoms with Gasteiger partial charge in [0.05, 0.1) is 17.4 Å². The van der Waals surface area contributed by atoms with Crippen LogP contribution in [0.2, 0.25) is 0 Å². The van der Waals surface area contributed by atoms with Gasteiger partial charge in [-0.2, -0.15) is 5.10 Å². The van der Waals surface area contributed by atoms with Crippen molar-refractivity contribution < 1.29 is 0 Å². The molecule has 3 heterocycles. The molecule has 0 amide bonds. The van der Waals surface area contributed by atoms with Crippen LogP contribution in [0, 0.1) is 13.8 Å². The Bertz CT molecular complexity index is 912. The first kappa shape index (κ1) is 14.2. The summed E-state index contributed by atoms with van der Waals surface area (Å²) in [7, 11) is 0. The summed E-state index contributed by atoms with van der Waals surface area (Å²) in [6.07, 6.45) is 6.62. The first-order valence-corrected chi connectivity index (χ1v) is 8.19. The molecule has 0 aliphatic heterocycles. The van der Waals surface area contributed by atoms with Crippen LogP contribution >= 0.6 is 0 Å². The van der Waals surface area contributed by atoms with Gasteiger partial charge in [0.2, 0.25) is 5.56 Å². The fraction of sp³-hybridized carbons (Fsp3) is 0.389. The molecule has 5 heteroatoms. The van der Waals surface area contributed by atoms with Gasteiger partial charge in [0.15, 0.2) is 5.65 Å². The van der Waals surface area contributed by atoms with Crippen molar-refractivity contribution in [1.29, 1.82) is 0 Å². The van der Waals surface area contributed by atoms with E-state index in [1.54, 1.807) is 6.20 Å². The first-order valence-electron chi connectivity index (χ1n) is 8.19. The van der Waals surface area contributed by atoms with Gasteiger partial charge < -0.3 is 4.98 Å². The number of aromatic nitrogens is 4. The maximum absolute atomic E-state index is 11.3. The predicted octanol–water partition coefficient (Wildman–Crippen LogP) is 3.52. The summed E-state index contributed by atoms with van der Waals surface area (Å²) in [5.74, 6) is 0. The standard InChI is InChI=1S/C18H20N4O/c1-11-9-15(13-7-8-16(23)19-10-13)20-18-17(11)12(2)21-22(18)14-5-3-4-6-14/h7-10,14H,3-6H2,1-2H3,(H,19,23). The zero-order valence-electron chi connectivity index (χ0n) is 13.5. The Morgan fingerprint density at radius 1 is 1.22 bits per heavy atom. The molecule has 5 nitrogen and oxygen atoms in total.